The second-order valence-electron chi connectivity index (χ2n) is 4.84. The summed E-state index contributed by atoms with van der Waals surface area (Å²) < 4.78 is 50.0. The predicted octanol–water partition coefficient (Wildman–Crippen LogP) is 2.89. The van der Waals surface area contributed by atoms with Crippen molar-refractivity contribution in [1.82, 2.24) is 4.90 Å². The van der Waals surface area contributed by atoms with E-state index in [2.05, 4.69) is 0 Å². The van der Waals surface area contributed by atoms with Crippen LogP contribution in [0.1, 0.15) is 24.5 Å². The van der Waals surface area contributed by atoms with Gasteiger partial charge in [-0.1, -0.05) is 12.1 Å². The molecule has 0 amide bonds. The predicted molar refractivity (Wildman–Crippen MR) is 62.0 cm³/mol. The highest BCUT2D eigenvalue weighted by Crippen LogP contribution is 2.31. The first-order chi connectivity index (χ1) is 8.85. The first-order valence-electron chi connectivity index (χ1n) is 6.09. The van der Waals surface area contributed by atoms with Gasteiger partial charge in [-0.2, -0.15) is 13.2 Å². The van der Waals surface area contributed by atoms with Crippen molar-refractivity contribution >= 4 is 0 Å². The molecule has 1 aromatic carbocycles. The highest BCUT2D eigenvalue weighted by atomic mass is 19.4. The molecule has 1 aliphatic rings. The first kappa shape index (κ1) is 14.3. The van der Waals surface area contributed by atoms with E-state index < -0.39 is 24.6 Å². The standard InChI is InChI=1S/C13H15F4NO/c14-10-3-1-9(2-4-10)12(19)7-18(11-5-6-11)8-13(15,16)17/h1-4,11-12,19H,5-8H2/t12-/m1/s1. The molecule has 1 atom stereocenters. The fraction of sp³-hybridized carbons (Fsp3) is 0.538. The van der Waals surface area contributed by atoms with Crippen LogP contribution in [0.15, 0.2) is 24.3 Å². The average Bonchev–Trinajstić information content (AvgIpc) is 3.10. The number of hydrogen-bond donors (Lipinski definition) is 1. The normalized spacial score (nSPS) is 17.8. The number of benzene rings is 1. The van der Waals surface area contributed by atoms with E-state index in [0.29, 0.717) is 5.56 Å². The molecule has 0 radical (unpaired) electrons. The Balaban J connectivity index is 1.98. The van der Waals surface area contributed by atoms with E-state index in [1.165, 1.54) is 29.2 Å². The summed E-state index contributed by atoms with van der Waals surface area (Å²) in [6.07, 6.45) is -3.85. The largest absolute Gasteiger partial charge is 0.401 e. The Morgan fingerprint density at radius 3 is 2.26 bits per heavy atom. The van der Waals surface area contributed by atoms with Gasteiger partial charge in [-0.25, -0.2) is 4.39 Å². The average molecular weight is 277 g/mol. The maximum absolute atomic E-state index is 12.7. The van der Waals surface area contributed by atoms with E-state index in [-0.39, 0.29) is 12.6 Å². The molecule has 2 nitrogen and oxygen atoms in total. The minimum Gasteiger partial charge on any atom is -0.387 e. The maximum Gasteiger partial charge on any atom is 0.401 e. The lowest BCUT2D eigenvalue weighted by Gasteiger charge is -2.26. The molecular formula is C13H15F4NO. The van der Waals surface area contributed by atoms with Crippen LogP contribution in [0.4, 0.5) is 17.6 Å². The third kappa shape index (κ3) is 4.47. The Kier molecular flexibility index (Phi) is 4.10. The monoisotopic (exact) mass is 277 g/mol. The fourth-order valence-electron chi connectivity index (χ4n) is 2.03. The molecule has 1 N–H and O–H groups in total. The molecule has 6 heteroatoms. The molecule has 106 valence electrons. The number of nitrogens with zero attached hydrogens (tertiary/aromatic N) is 1. The maximum atomic E-state index is 12.7. The second-order valence-corrected chi connectivity index (χ2v) is 4.84. The van der Waals surface area contributed by atoms with E-state index in [4.69, 9.17) is 0 Å². The van der Waals surface area contributed by atoms with Crippen molar-refractivity contribution in [3.63, 3.8) is 0 Å². The van der Waals surface area contributed by atoms with E-state index in [1.807, 2.05) is 0 Å². The number of alkyl halides is 3. The number of hydrogen-bond acceptors (Lipinski definition) is 2. The minimum atomic E-state index is -4.27. The van der Waals surface area contributed by atoms with Crippen molar-refractivity contribution in [2.45, 2.75) is 31.2 Å². The summed E-state index contributed by atoms with van der Waals surface area (Å²) in [4.78, 5) is 1.24. The molecule has 0 unspecified atom stereocenters. The SMILES string of the molecule is O[C@H](CN(CC(F)(F)F)C1CC1)c1ccc(F)cc1. The quantitative estimate of drug-likeness (QED) is 0.837. The molecule has 1 aliphatic carbocycles. The van der Waals surface area contributed by atoms with Crippen molar-refractivity contribution < 1.29 is 22.7 Å². The summed E-state index contributed by atoms with van der Waals surface area (Å²) in [6.45, 7) is -1.11. The van der Waals surface area contributed by atoms with Crippen LogP contribution >= 0.6 is 0 Å². The molecule has 1 saturated carbocycles. The summed E-state index contributed by atoms with van der Waals surface area (Å²) in [5, 5.41) is 9.92. The summed E-state index contributed by atoms with van der Waals surface area (Å²) in [7, 11) is 0. The lowest BCUT2D eigenvalue weighted by Crippen LogP contribution is -2.38. The number of aliphatic hydroxyl groups is 1. The van der Waals surface area contributed by atoms with Gasteiger partial charge in [0.25, 0.3) is 0 Å². The zero-order chi connectivity index (χ0) is 14.0. The van der Waals surface area contributed by atoms with Gasteiger partial charge in [0.2, 0.25) is 0 Å². The van der Waals surface area contributed by atoms with Crippen molar-refractivity contribution in [3.8, 4) is 0 Å². The third-order valence-electron chi connectivity index (χ3n) is 3.11. The highest BCUT2D eigenvalue weighted by Gasteiger charge is 2.38. The summed E-state index contributed by atoms with van der Waals surface area (Å²) in [5.74, 6) is -0.440. The Bertz CT molecular complexity index is 414. The zero-order valence-electron chi connectivity index (χ0n) is 10.2. The van der Waals surface area contributed by atoms with Crippen LogP contribution in [0.25, 0.3) is 0 Å². The van der Waals surface area contributed by atoms with E-state index in [0.717, 1.165) is 12.8 Å². The smallest absolute Gasteiger partial charge is 0.387 e. The van der Waals surface area contributed by atoms with Crippen LogP contribution in [0.3, 0.4) is 0 Å². The van der Waals surface area contributed by atoms with Gasteiger partial charge in [-0.05, 0) is 30.5 Å². The van der Waals surface area contributed by atoms with Gasteiger partial charge in [0.1, 0.15) is 5.82 Å². The Hall–Kier alpha value is -1.14. The number of aliphatic hydroxyl groups excluding tert-OH is 1. The summed E-state index contributed by atoms with van der Waals surface area (Å²) >= 11 is 0. The molecule has 0 saturated heterocycles. The van der Waals surface area contributed by atoms with Crippen molar-refractivity contribution in [2.75, 3.05) is 13.1 Å². The van der Waals surface area contributed by atoms with Crippen LogP contribution in [0.2, 0.25) is 0 Å². The number of rotatable bonds is 5. The van der Waals surface area contributed by atoms with Gasteiger partial charge >= 0.3 is 6.18 Å². The molecule has 19 heavy (non-hydrogen) atoms. The van der Waals surface area contributed by atoms with Gasteiger partial charge in [-0.3, -0.25) is 4.90 Å². The Morgan fingerprint density at radius 1 is 1.21 bits per heavy atom. The van der Waals surface area contributed by atoms with Crippen molar-refractivity contribution in [2.24, 2.45) is 0 Å². The van der Waals surface area contributed by atoms with Gasteiger partial charge in [0.05, 0.1) is 12.6 Å². The van der Waals surface area contributed by atoms with Crippen molar-refractivity contribution in [1.29, 1.82) is 0 Å². The van der Waals surface area contributed by atoms with Crippen LogP contribution in [0, 0.1) is 5.82 Å². The lowest BCUT2D eigenvalue weighted by molar-refractivity contribution is -0.149. The molecule has 2 rings (SSSR count). The van der Waals surface area contributed by atoms with Crippen LogP contribution in [0.5, 0.6) is 0 Å². The molecule has 0 aliphatic heterocycles. The Labute approximate surface area is 108 Å². The topological polar surface area (TPSA) is 23.5 Å². The Morgan fingerprint density at radius 2 is 1.79 bits per heavy atom. The molecule has 0 bridgehead atoms. The summed E-state index contributed by atoms with van der Waals surface area (Å²) in [6, 6.07) is 5.04. The highest BCUT2D eigenvalue weighted by molar-refractivity contribution is 5.18. The van der Waals surface area contributed by atoms with Crippen LogP contribution in [-0.2, 0) is 0 Å². The third-order valence-corrected chi connectivity index (χ3v) is 3.11. The van der Waals surface area contributed by atoms with E-state index in [9.17, 15) is 22.7 Å². The molecule has 0 heterocycles. The fourth-order valence-corrected chi connectivity index (χ4v) is 2.03. The van der Waals surface area contributed by atoms with E-state index in [1.54, 1.807) is 0 Å². The molecule has 1 aromatic rings. The van der Waals surface area contributed by atoms with Gasteiger partial charge < -0.3 is 5.11 Å². The van der Waals surface area contributed by atoms with Crippen molar-refractivity contribution in [3.05, 3.63) is 35.6 Å². The second kappa shape index (κ2) is 5.46. The summed E-state index contributed by atoms with van der Waals surface area (Å²) in [5.41, 5.74) is 0.425. The van der Waals surface area contributed by atoms with Gasteiger partial charge in [0, 0.05) is 12.6 Å². The lowest BCUT2D eigenvalue weighted by atomic mass is 10.1. The molecule has 0 aromatic heterocycles. The first-order valence-corrected chi connectivity index (χ1v) is 6.09. The van der Waals surface area contributed by atoms with E-state index >= 15 is 0 Å². The molecule has 0 spiro atoms. The van der Waals surface area contributed by atoms with Gasteiger partial charge in [0.15, 0.2) is 0 Å². The molecular weight excluding hydrogens is 262 g/mol. The van der Waals surface area contributed by atoms with Gasteiger partial charge in [-0.15, -0.1) is 0 Å². The van der Waals surface area contributed by atoms with Crippen LogP contribution < -0.4 is 0 Å². The minimum absolute atomic E-state index is 0.0875. The zero-order valence-corrected chi connectivity index (χ0v) is 10.2. The number of halogens is 4. The molecule has 1 fully saturated rings. The van der Waals surface area contributed by atoms with Crippen LogP contribution in [-0.4, -0.2) is 35.3 Å².